The van der Waals surface area contributed by atoms with Crippen LogP contribution < -0.4 is 15.4 Å². The van der Waals surface area contributed by atoms with Crippen molar-refractivity contribution in [3.05, 3.63) is 47.2 Å². The average Bonchev–Trinajstić information content (AvgIpc) is 2.50. The van der Waals surface area contributed by atoms with Crippen LogP contribution in [-0.4, -0.2) is 24.5 Å². The molecule has 0 atom stereocenters. The molecule has 1 aromatic heterocycles. The molecule has 2 aromatic rings. The molecule has 0 aliphatic carbocycles. The Morgan fingerprint density at radius 2 is 2.19 bits per heavy atom. The summed E-state index contributed by atoms with van der Waals surface area (Å²) in [7, 11) is 1.53. The number of nitrogens with one attached hydrogen (secondary N) is 2. The van der Waals surface area contributed by atoms with Crippen molar-refractivity contribution in [2.45, 2.75) is 6.92 Å². The summed E-state index contributed by atoms with van der Waals surface area (Å²) in [6, 6.07) is 6.74. The minimum absolute atomic E-state index is 0.224. The summed E-state index contributed by atoms with van der Waals surface area (Å²) in [4.78, 5) is 16.4. The Balaban J connectivity index is 2.22. The number of aromatic nitrogens is 1. The molecule has 0 saturated heterocycles. The maximum atomic E-state index is 12.3. The molecule has 0 unspecified atom stereocenters. The molecule has 2 N–H and O–H groups in total. The van der Waals surface area contributed by atoms with Crippen LogP contribution in [0.25, 0.3) is 0 Å². The Morgan fingerprint density at radius 3 is 2.90 bits per heavy atom. The summed E-state index contributed by atoms with van der Waals surface area (Å²) in [6.07, 6.45) is 3.21. The average molecular weight is 306 g/mol. The third-order valence-corrected chi connectivity index (χ3v) is 3.15. The molecule has 0 aliphatic heterocycles. The van der Waals surface area contributed by atoms with Crippen molar-refractivity contribution in [3.8, 4) is 5.75 Å². The van der Waals surface area contributed by atoms with Crippen LogP contribution in [0.1, 0.15) is 17.3 Å². The quantitative estimate of drug-likeness (QED) is 0.888. The Hall–Kier alpha value is -2.27. The topological polar surface area (TPSA) is 63.2 Å². The summed E-state index contributed by atoms with van der Waals surface area (Å²) >= 11 is 5.96. The van der Waals surface area contributed by atoms with Crippen LogP contribution in [0.3, 0.4) is 0 Å². The van der Waals surface area contributed by atoms with Gasteiger partial charge in [0.25, 0.3) is 5.91 Å². The lowest BCUT2D eigenvalue weighted by atomic mass is 10.2. The first kappa shape index (κ1) is 15.1. The number of anilines is 2. The van der Waals surface area contributed by atoms with Gasteiger partial charge in [-0.15, -0.1) is 0 Å². The van der Waals surface area contributed by atoms with Crippen molar-refractivity contribution in [1.29, 1.82) is 0 Å². The Morgan fingerprint density at radius 1 is 1.38 bits per heavy atom. The van der Waals surface area contributed by atoms with E-state index in [0.29, 0.717) is 34.3 Å². The predicted molar refractivity (Wildman–Crippen MR) is 84.4 cm³/mol. The molecule has 0 spiro atoms. The van der Waals surface area contributed by atoms with Crippen LogP contribution in [0.5, 0.6) is 5.75 Å². The molecule has 110 valence electrons. The number of hydrogen-bond acceptors (Lipinski definition) is 4. The molecule has 0 radical (unpaired) electrons. The number of halogens is 1. The van der Waals surface area contributed by atoms with Gasteiger partial charge in [0.1, 0.15) is 5.75 Å². The second-order valence-electron chi connectivity index (χ2n) is 4.26. The fraction of sp³-hybridized carbons (Fsp3) is 0.200. The second-order valence-corrected chi connectivity index (χ2v) is 4.66. The van der Waals surface area contributed by atoms with Crippen molar-refractivity contribution in [1.82, 2.24) is 4.98 Å². The van der Waals surface area contributed by atoms with Crippen LogP contribution in [0.2, 0.25) is 5.02 Å². The number of methoxy groups -OCH3 is 1. The monoisotopic (exact) mass is 305 g/mol. The maximum absolute atomic E-state index is 12.3. The van der Waals surface area contributed by atoms with E-state index in [4.69, 9.17) is 16.3 Å². The number of benzene rings is 1. The van der Waals surface area contributed by atoms with Gasteiger partial charge in [0, 0.05) is 24.5 Å². The largest absolute Gasteiger partial charge is 0.495 e. The van der Waals surface area contributed by atoms with Crippen molar-refractivity contribution in [2.24, 2.45) is 0 Å². The zero-order valence-corrected chi connectivity index (χ0v) is 12.6. The number of hydrogen-bond donors (Lipinski definition) is 2. The standard InChI is InChI=1S/C15H16ClN3O2/c1-3-18-13-9-17-7-6-11(13)15(20)19-10-4-5-12(16)14(8-10)21-2/h4-9,18H,3H2,1-2H3,(H,19,20). The van der Waals surface area contributed by atoms with E-state index in [-0.39, 0.29) is 5.91 Å². The first-order valence-corrected chi connectivity index (χ1v) is 6.86. The van der Waals surface area contributed by atoms with E-state index in [2.05, 4.69) is 15.6 Å². The highest BCUT2D eigenvalue weighted by Crippen LogP contribution is 2.27. The zero-order valence-electron chi connectivity index (χ0n) is 11.8. The van der Waals surface area contributed by atoms with Gasteiger partial charge in [-0.25, -0.2) is 0 Å². The zero-order chi connectivity index (χ0) is 15.2. The van der Waals surface area contributed by atoms with Crippen molar-refractivity contribution >= 4 is 28.9 Å². The van der Waals surface area contributed by atoms with E-state index in [1.54, 1.807) is 36.7 Å². The lowest BCUT2D eigenvalue weighted by molar-refractivity contribution is 0.102. The molecule has 0 aliphatic rings. The van der Waals surface area contributed by atoms with Crippen molar-refractivity contribution < 1.29 is 9.53 Å². The third kappa shape index (κ3) is 3.64. The first-order valence-electron chi connectivity index (χ1n) is 6.48. The molecule has 5 nitrogen and oxygen atoms in total. The predicted octanol–water partition coefficient (Wildman–Crippen LogP) is 3.43. The maximum Gasteiger partial charge on any atom is 0.257 e. The fourth-order valence-electron chi connectivity index (χ4n) is 1.86. The molecule has 0 saturated carbocycles. The smallest absolute Gasteiger partial charge is 0.257 e. The number of amides is 1. The van der Waals surface area contributed by atoms with Crippen LogP contribution in [-0.2, 0) is 0 Å². The second kappa shape index (κ2) is 6.95. The van der Waals surface area contributed by atoms with Gasteiger partial charge in [-0.05, 0) is 25.1 Å². The van der Waals surface area contributed by atoms with Crippen LogP contribution in [0, 0.1) is 0 Å². The SMILES string of the molecule is CCNc1cnccc1C(=O)Nc1ccc(Cl)c(OC)c1. The molecule has 21 heavy (non-hydrogen) atoms. The number of rotatable bonds is 5. The number of carbonyl (C=O) groups excluding carboxylic acids is 1. The van der Waals surface area contributed by atoms with E-state index in [1.807, 2.05) is 6.92 Å². The Kier molecular flexibility index (Phi) is 5.00. The molecule has 2 rings (SSSR count). The lowest BCUT2D eigenvalue weighted by Gasteiger charge is -2.11. The van der Waals surface area contributed by atoms with Crippen molar-refractivity contribution in [3.63, 3.8) is 0 Å². The fourth-order valence-corrected chi connectivity index (χ4v) is 2.05. The molecule has 1 heterocycles. The van der Waals surface area contributed by atoms with Gasteiger partial charge in [0.15, 0.2) is 0 Å². The molecule has 6 heteroatoms. The molecule has 1 amide bonds. The normalized spacial score (nSPS) is 10.0. The summed E-state index contributed by atoms with van der Waals surface area (Å²) in [5, 5.41) is 6.41. The van der Waals surface area contributed by atoms with Gasteiger partial charge in [0.2, 0.25) is 0 Å². The highest BCUT2D eigenvalue weighted by Gasteiger charge is 2.12. The minimum atomic E-state index is -0.224. The molecule has 1 aromatic carbocycles. The number of carbonyl (C=O) groups is 1. The van der Waals surface area contributed by atoms with Gasteiger partial charge in [-0.2, -0.15) is 0 Å². The molecular weight excluding hydrogens is 290 g/mol. The molecular formula is C15H16ClN3O2. The summed E-state index contributed by atoms with van der Waals surface area (Å²) < 4.78 is 5.13. The lowest BCUT2D eigenvalue weighted by Crippen LogP contribution is -2.15. The molecule has 0 bridgehead atoms. The van der Waals surface area contributed by atoms with Gasteiger partial charge >= 0.3 is 0 Å². The van der Waals surface area contributed by atoms with Gasteiger partial charge < -0.3 is 15.4 Å². The number of nitrogens with zero attached hydrogens (tertiary/aromatic N) is 1. The van der Waals surface area contributed by atoms with Gasteiger partial charge in [-0.3, -0.25) is 9.78 Å². The highest BCUT2D eigenvalue weighted by molar-refractivity contribution is 6.32. The third-order valence-electron chi connectivity index (χ3n) is 2.84. The van der Waals surface area contributed by atoms with Crippen LogP contribution >= 0.6 is 11.6 Å². The van der Waals surface area contributed by atoms with Crippen molar-refractivity contribution in [2.75, 3.05) is 24.3 Å². The molecule has 0 fully saturated rings. The van der Waals surface area contributed by atoms with E-state index >= 15 is 0 Å². The van der Waals surface area contributed by atoms with Gasteiger partial charge in [0.05, 0.1) is 29.6 Å². The number of ether oxygens (including phenoxy) is 1. The van der Waals surface area contributed by atoms with E-state index in [1.165, 1.54) is 7.11 Å². The van der Waals surface area contributed by atoms with E-state index < -0.39 is 0 Å². The first-order chi connectivity index (χ1) is 10.2. The Bertz CT molecular complexity index is 647. The summed E-state index contributed by atoms with van der Waals surface area (Å²) in [5.41, 5.74) is 1.83. The summed E-state index contributed by atoms with van der Waals surface area (Å²) in [5.74, 6) is 0.286. The van der Waals surface area contributed by atoms with Gasteiger partial charge in [-0.1, -0.05) is 11.6 Å². The van der Waals surface area contributed by atoms with Crippen LogP contribution in [0.4, 0.5) is 11.4 Å². The summed E-state index contributed by atoms with van der Waals surface area (Å²) in [6.45, 7) is 2.67. The Labute approximate surface area is 128 Å². The van der Waals surface area contributed by atoms with E-state index in [9.17, 15) is 4.79 Å². The van der Waals surface area contributed by atoms with E-state index in [0.717, 1.165) is 0 Å². The number of pyridine rings is 1. The minimum Gasteiger partial charge on any atom is -0.495 e. The van der Waals surface area contributed by atoms with Crippen LogP contribution in [0.15, 0.2) is 36.7 Å². The highest BCUT2D eigenvalue weighted by atomic mass is 35.5.